The summed E-state index contributed by atoms with van der Waals surface area (Å²) in [4.78, 5) is 12.1. The molecule has 0 atom stereocenters. The second kappa shape index (κ2) is 3.13. The molecule has 2 heterocycles. The van der Waals surface area contributed by atoms with E-state index < -0.39 is 0 Å². The van der Waals surface area contributed by atoms with Crippen molar-refractivity contribution in [3.63, 3.8) is 0 Å². The molecule has 4 heteroatoms. The quantitative estimate of drug-likeness (QED) is 0.648. The van der Waals surface area contributed by atoms with Crippen molar-refractivity contribution in [3.05, 3.63) is 30.4 Å². The minimum atomic E-state index is 0.808. The predicted molar refractivity (Wildman–Crippen MR) is 46.5 cm³/mol. The second-order valence-corrected chi connectivity index (χ2v) is 2.35. The van der Waals surface area contributed by atoms with Crippen LogP contribution in [0.15, 0.2) is 29.7 Å². The molecular formula is C8H8N4. The van der Waals surface area contributed by atoms with E-state index in [1.54, 1.807) is 12.5 Å². The topological polar surface area (TPSA) is 50.2 Å². The first-order chi connectivity index (χ1) is 5.97. The van der Waals surface area contributed by atoms with Gasteiger partial charge in [0.15, 0.2) is 0 Å². The van der Waals surface area contributed by atoms with Gasteiger partial charge in [-0.15, -0.1) is 0 Å². The Morgan fingerprint density at radius 3 is 3.08 bits per heavy atom. The number of rotatable bonds is 1. The summed E-state index contributed by atoms with van der Waals surface area (Å²) in [6.45, 7) is 0.808. The Balaban J connectivity index is 2.31. The zero-order valence-corrected chi connectivity index (χ0v) is 6.44. The first-order valence-corrected chi connectivity index (χ1v) is 3.69. The number of hydrogen-bond donors (Lipinski definition) is 1. The summed E-state index contributed by atoms with van der Waals surface area (Å²) in [5, 5.41) is 2.97. The minimum absolute atomic E-state index is 0.808. The van der Waals surface area contributed by atoms with Crippen LogP contribution in [-0.2, 0) is 0 Å². The van der Waals surface area contributed by atoms with Crippen LogP contribution in [-0.4, -0.2) is 22.9 Å². The third-order valence-corrected chi connectivity index (χ3v) is 1.55. The fraction of sp³-hybridized carbons (Fsp3) is 0.125. The average molecular weight is 160 g/mol. The lowest BCUT2D eigenvalue weighted by Gasteiger charge is -2.05. The maximum Gasteiger partial charge on any atom is 0.116 e. The van der Waals surface area contributed by atoms with Crippen LogP contribution in [0, 0.1) is 0 Å². The van der Waals surface area contributed by atoms with Crippen molar-refractivity contribution >= 4 is 12.0 Å². The Morgan fingerprint density at radius 2 is 2.42 bits per heavy atom. The number of nitrogens with zero attached hydrogens (tertiary/aromatic N) is 3. The highest BCUT2D eigenvalue weighted by Gasteiger charge is 2.01. The number of hydrogen-bond acceptors (Lipinski definition) is 4. The van der Waals surface area contributed by atoms with Gasteiger partial charge in [-0.1, -0.05) is 0 Å². The highest BCUT2D eigenvalue weighted by Crippen LogP contribution is 2.11. The molecule has 1 aromatic heterocycles. The molecule has 1 aliphatic heterocycles. The fourth-order valence-electron chi connectivity index (χ4n) is 0.989. The number of nitrogens with one attached hydrogen (secondary N) is 1. The lowest BCUT2D eigenvalue weighted by molar-refractivity contribution is 1.04. The highest BCUT2D eigenvalue weighted by molar-refractivity contribution is 5.73. The van der Waals surface area contributed by atoms with Crippen molar-refractivity contribution < 1.29 is 0 Å². The van der Waals surface area contributed by atoms with Crippen molar-refractivity contribution in [3.8, 4) is 0 Å². The molecule has 0 saturated heterocycles. The molecule has 0 unspecified atom stereocenters. The van der Waals surface area contributed by atoms with E-state index in [4.69, 9.17) is 0 Å². The highest BCUT2D eigenvalue weighted by atomic mass is 15.0. The van der Waals surface area contributed by atoms with Crippen LogP contribution < -0.4 is 5.32 Å². The van der Waals surface area contributed by atoms with E-state index in [-0.39, 0.29) is 0 Å². The summed E-state index contributed by atoms with van der Waals surface area (Å²) in [6.07, 6.45) is 6.90. The Labute approximate surface area is 70.1 Å². The molecule has 0 fully saturated rings. The molecule has 0 saturated carbocycles. The van der Waals surface area contributed by atoms with Gasteiger partial charge >= 0.3 is 0 Å². The zero-order chi connectivity index (χ0) is 8.23. The minimum Gasteiger partial charge on any atom is -0.373 e. The first-order valence-electron chi connectivity index (χ1n) is 3.69. The van der Waals surface area contributed by atoms with E-state index in [0.29, 0.717) is 0 Å². The first kappa shape index (κ1) is 6.97. The second-order valence-electron chi connectivity index (χ2n) is 2.35. The van der Waals surface area contributed by atoms with Gasteiger partial charge in [0, 0.05) is 12.7 Å². The predicted octanol–water partition coefficient (Wildman–Crippen LogP) is 0.449. The van der Waals surface area contributed by atoms with E-state index in [0.717, 1.165) is 17.9 Å². The maximum absolute atomic E-state index is 4.13. The average Bonchev–Trinajstić information content (AvgIpc) is 2.21. The Kier molecular flexibility index (Phi) is 1.82. The van der Waals surface area contributed by atoms with E-state index in [1.807, 2.05) is 12.1 Å². The molecule has 4 nitrogen and oxygen atoms in total. The summed E-state index contributed by atoms with van der Waals surface area (Å²) < 4.78 is 0. The Bertz CT molecular complexity index is 315. The maximum atomic E-state index is 4.13. The van der Waals surface area contributed by atoms with Gasteiger partial charge in [0.1, 0.15) is 6.33 Å². The molecule has 2 rings (SSSR count). The van der Waals surface area contributed by atoms with Crippen molar-refractivity contribution in [2.45, 2.75) is 0 Å². The third kappa shape index (κ3) is 1.32. The summed E-state index contributed by atoms with van der Waals surface area (Å²) >= 11 is 0. The van der Waals surface area contributed by atoms with Crippen LogP contribution in [0.5, 0.6) is 0 Å². The van der Waals surface area contributed by atoms with E-state index in [9.17, 15) is 0 Å². The van der Waals surface area contributed by atoms with Gasteiger partial charge in [-0.2, -0.15) is 0 Å². The molecule has 1 aromatic rings. The molecular weight excluding hydrogens is 152 g/mol. The molecule has 0 amide bonds. The SMILES string of the molecule is C1=NC(c2ccncn2)=CCN1. The molecule has 0 radical (unpaired) electrons. The number of aromatic nitrogens is 2. The van der Waals surface area contributed by atoms with Gasteiger partial charge in [-0.05, 0) is 12.1 Å². The summed E-state index contributed by atoms with van der Waals surface area (Å²) in [5.41, 5.74) is 1.76. The monoisotopic (exact) mass is 160 g/mol. The molecule has 0 bridgehead atoms. The standard InChI is InChI=1S/C8H8N4/c1-3-9-5-11-7(1)8-2-4-10-6-12-8/h1-3,5-6H,4H2,(H,10,12). The molecule has 1 N–H and O–H groups in total. The fourth-order valence-corrected chi connectivity index (χ4v) is 0.989. The molecule has 0 aromatic carbocycles. The van der Waals surface area contributed by atoms with Crippen LogP contribution >= 0.6 is 0 Å². The van der Waals surface area contributed by atoms with Crippen LogP contribution in [0.3, 0.4) is 0 Å². The van der Waals surface area contributed by atoms with Gasteiger partial charge < -0.3 is 5.32 Å². The smallest absolute Gasteiger partial charge is 0.116 e. The summed E-state index contributed by atoms with van der Waals surface area (Å²) in [7, 11) is 0. The lowest BCUT2D eigenvalue weighted by atomic mass is 10.3. The molecule has 0 spiro atoms. The molecule has 60 valence electrons. The van der Waals surface area contributed by atoms with E-state index in [2.05, 4.69) is 20.3 Å². The van der Waals surface area contributed by atoms with Gasteiger partial charge in [0.25, 0.3) is 0 Å². The third-order valence-electron chi connectivity index (χ3n) is 1.55. The van der Waals surface area contributed by atoms with Crippen molar-refractivity contribution in [2.75, 3.05) is 6.54 Å². The largest absolute Gasteiger partial charge is 0.373 e. The summed E-state index contributed by atoms with van der Waals surface area (Å²) in [5.74, 6) is 0. The van der Waals surface area contributed by atoms with Gasteiger partial charge in [-0.3, -0.25) is 0 Å². The van der Waals surface area contributed by atoms with Crippen molar-refractivity contribution in [1.82, 2.24) is 15.3 Å². The lowest BCUT2D eigenvalue weighted by Crippen LogP contribution is -2.14. The summed E-state index contributed by atoms with van der Waals surface area (Å²) in [6, 6.07) is 1.84. The van der Waals surface area contributed by atoms with Crippen molar-refractivity contribution in [1.29, 1.82) is 0 Å². The van der Waals surface area contributed by atoms with E-state index in [1.165, 1.54) is 6.33 Å². The van der Waals surface area contributed by atoms with Crippen LogP contribution in [0.4, 0.5) is 0 Å². The Morgan fingerprint density at radius 1 is 1.42 bits per heavy atom. The van der Waals surface area contributed by atoms with E-state index >= 15 is 0 Å². The van der Waals surface area contributed by atoms with Gasteiger partial charge in [0.05, 0.1) is 17.7 Å². The number of aliphatic imine (C=N–C) groups is 1. The van der Waals surface area contributed by atoms with Crippen LogP contribution in [0.2, 0.25) is 0 Å². The molecule has 0 aliphatic carbocycles. The van der Waals surface area contributed by atoms with Crippen LogP contribution in [0.25, 0.3) is 5.70 Å². The molecule has 1 aliphatic rings. The van der Waals surface area contributed by atoms with Gasteiger partial charge in [-0.25, -0.2) is 15.0 Å². The zero-order valence-electron chi connectivity index (χ0n) is 6.44. The molecule has 12 heavy (non-hydrogen) atoms. The van der Waals surface area contributed by atoms with Crippen LogP contribution in [0.1, 0.15) is 5.69 Å². The van der Waals surface area contributed by atoms with Gasteiger partial charge in [0.2, 0.25) is 0 Å². The van der Waals surface area contributed by atoms with Crippen molar-refractivity contribution in [2.24, 2.45) is 4.99 Å². The Hall–Kier alpha value is -1.71. The normalized spacial score (nSPS) is 15.2.